The number of ketones is 1. The van der Waals surface area contributed by atoms with Gasteiger partial charge in [-0.1, -0.05) is 30.3 Å². The maximum Gasteiger partial charge on any atom is 0.410 e. The zero-order valence-electron chi connectivity index (χ0n) is 15.8. The van der Waals surface area contributed by atoms with Crippen LogP contribution in [0.5, 0.6) is 0 Å². The maximum atomic E-state index is 12.9. The standard InChI is InChI=1S/C21H23N3O4/c1-14-7-8-22-20(23-14)19(25)16-9-17-12-27-13-18(10-16)24(17)21(26)28-11-15-5-3-2-4-6-15/h2-8,16-18H,9-13H2,1H3. The lowest BCUT2D eigenvalue weighted by Gasteiger charge is -2.47. The number of aromatic nitrogens is 2. The average Bonchev–Trinajstić information content (AvgIpc) is 2.71. The summed E-state index contributed by atoms with van der Waals surface area (Å²) >= 11 is 0. The molecule has 0 aliphatic carbocycles. The summed E-state index contributed by atoms with van der Waals surface area (Å²) in [4.78, 5) is 35.7. The maximum absolute atomic E-state index is 12.9. The molecule has 0 N–H and O–H groups in total. The number of carbonyl (C=O) groups is 2. The van der Waals surface area contributed by atoms with Crippen molar-refractivity contribution in [1.82, 2.24) is 14.9 Å². The summed E-state index contributed by atoms with van der Waals surface area (Å²) in [5.41, 5.74) is 1.71. The molecule has 0 radical (unpaired) electrons. The second-order valence-electron chi connectivity index (χ2n) is 7.35. The summed E-state index contributed by atoms with van der Waals surface area (Å²) in [5, 5.41) is 0. The molecule has 1 aromatic carbocycles. The van der Waals surface area contributed by atoms with Crippen molar-refractivity contribution in [3.05, 3.63) is 59.7 Å². The van der Waals surface area contributed by atoms with Gasteiger partial charge in [-0.3, -0.25) is 9.69 Å². The Balaban J connectivity index is 1.43. The number of aryl methyl sites for hydroxylation is 1. The van der Waals surface area contributed by atoms with E-state index in [9.17, 15) is 9.59 Å². The molecule has 0 spiro atoms. The predicted octanol–water partition coefficient (Wildman–Crippen LogP) is 2.78. The molecule has 2 fully saturated rings. The summed E-state index contributed by atoms with van der Waals surface area (Å²) in [6.07, 6.45) is 2.33. The van der Waals surface area contributed by atoms with E-state index in [1.807, 2.05) is 37.3 Å². The fourth-order valence-corrected chi connectivity index (χ4v) is 3.97. The summed E-state index contributed by atoms with van der Waals surface area (Å²) in [5.74, 6) is -0.0131. The molecule has 2 aromatic rings. The van der Waals surface area contributed by atoms with Crippen LogP contribution in [-0.2, 0) is 16.1 Å². The zero-order valence-corrected chi connectivity index (χ0v) is 15.8. The molecular formula is C21H23N3O4. The number of nitrogens with zero attached hydrogens (tertiary/aromatic N) is 3. The smallest absolute Gasteiger partial charge is 0.410 e. The molecule has 2 aliphatic rings. The Kier molecular flexibility index (Phi) is 5.34. The topological polar surface area (TPSA) is 81.6 Å². The van der Waals surface area contributed by atoms with Crippen LogP contribution in [0.2, 0.25) is 0 Å². The largest absolute Gasteiger partial charge is 0.445 e. The first kappa shape index (κ1) is 18.6. The van der Waals surface area contributed by atoms with E-state index in [0.717, 1.165) is 11.3 Å². The fraction of sp³-hybridized carbons (Fsp3) is 0.429. The molecule has 4 rings (SSSR count). The van der Waals surface area contributed by atoms with Gasteiger partial charge in [0.1, 0.15) is 6.61 Å². The lowest BCUT2D eigenvalue weighted by molar-refractivity contribution is -0.0756. The van der Waals surface area contributed by atoms with Crippen LogP contribution >= 0.6 is 0 Å². The molecule has 2 saturated heterocycles. The third kappa shape index (κ3) is 3.89. The number of benzene rings is 1. The van der Waals surface area contributed by atoms with E-state index >= 15 is 0 Å². The van der Waals surface area contributed by atoms with E-state index in [2.05, 4.69) is 9.97 Å². The fourth-order valence-electron chi connectivity index (χ4n) is 3.97. The van der Waals surface area contributed by atoms with Crippen LogP contribution in [0.3, 0.4) is 0 Å². The SMILES string of the molecule is Cc1ccnc(C(=O)C2CC3COCC(C2)N3C(=O)OCc2ccccc2)n1. The van der Waals surface area contributed by atoms with E-state index in [1.54, 1.807) is 17.2 Å². The van der Waals surface area contributed by atoms with Crippen molar-refractivity contribution in [3.8, 4) is 0 Å². The molecule has 7 nitrogen and oxygen atoms in total. The molecule has 2 bridgehead atoms. The Hall–Kier alpha value is -2.80. The second-order valence-corrected chi connectivity index (χ2v) is 7.35. The van der Waals surface area contributed by atoms with Crippen LogP contribution in [0.1, 0.15) is 34.7 Å². The summed E-state index contributed by atoms with van der Waals surface area (Å²) in [6, 6.07) is 11.0. The van der Waals surface area contributed by atoms with E-state index < -0.39 is 0 Å². The molecule has 0 saturated carbocycles. The molecule has 2 unspecified atom stereocenters. The molecule has 2 atom stereocenters. The van der Waals surface area contributed by atoms with Gasteiger partial charge in [-0.05, 0) is 31.4 Å². The normalized spacial score (nSPS) is 23.9. The van der Waals surface area contributed by atoms with Gasteiger partial charge in [-0.15, -0.1) is 0 Å². The molecular weight excluding hydrogens is 358 g/mol. The van der Waals surface area contributed by atoms with Gasteiger partial charge in [0.2, 0.25) is 5.78 Å². The molecule has 2 aliphatic heterocycles. The Bertz CT molecular complexity index is 844. The van der Waals surface area contributed by atoms with Crippen LogP contribution in [0.25, 0.3) is 0 Å². The quantitative estimate of drug-likeness (QED) is 0.758. The molecule has 146 valence electrons. The molecule has 1 aromatic heterocycles. The molecule has 28 heavy (non-hydrogen) atoms. The van der Waals surface area contributed by atoms with Gasteiger partial charge >= 0.3 is 6.09 Å². The van der Waals surface area contributed by atoms with Gasteiger partial charge in [0.15, 0.2) is 5.82 Å². The van der Waals surface area contributed by atoms with Gasteiger partial charge in [0.05, 0.1) is 25.3 Å². The van der Waals surface area contributed by atoms with Crippen LogP contribution in [0.15, 0.2) is 42.6 Å². The van der Waals surface area contributed by atoms with Crippen LogP contribution in [0, 0.1) is 12.8 Å². The number of fused-ring (bicyclic) bond motifs is 2. The van der Waals surface area contributed by atoms with Crippen LogP contribution in [-0.4, -0.2) is 52.0 Å². The first-order valence-electron chi connectivity index (χ1n) is 9.52. The molecule has 7 heteroatoms. The van der Waals surface area contributed by atoms with Crippen LogP contribution < -0.4 is 0 Å². The Morgan fingerprint density at radius 2 is 1.86 bits per heavy atom. The highest BCUT2D eigenvalue weighted by atomic mass is 16.6. The third-order valence-corrected chi connectivity index (χ3v) is 5.32. The van der Waals surface area contributed by atoms with Crippen molar-refractivity contribution in [1.29, 1.82) is 0 Å². The number of rotatable bonds is 4. The summed E-state index contributed by atoms with van der Waals surface area (Å²) in [7, 11) is 0. The van der Waals surface area contributed by atoms with Gasteiger partial charge < -0.3 is 9.47 Å². The summed E-state index contributed by atoms with van der Waals surface area (Å²) < 4.78 is 11.2. The number of morpholine rings is 1. The lowest BCUT2D eigenvalue weighted by atomic mass is 9.82. The predicted molar refractivity (Wildman–Crippen MR) is 101 cm³/mol. The Morgan fingerprint density at radius 3 is 2.54 bits per heavy atom. The van der Waals surface area contributed by atoms with Crippen molar-refractivity contribution in [2.24, 2.45) is 5.92 Å². The minimum absolute atomic E-state index is 0.0575. The van der Waals surface area contributed by atoms with Gasteiger partial charge in [0, 0.05) is 17.8 Å². The zero-order chi connectivity index (χ0) is 19.5. The molecule has 1 amide bonds. The van der Waals surface area contributed by atoms with Crippen molar-refractivity contribution >= 4 is 11.9 Å². The van der Waals surface area contributed by atoms with Gasteiger partial charge in [0.25, 0.3) is 0 Å². The molecule has 3 heterocycles. The minimum atomic E-state index is -0.347. The monoisotopic (exact) mass is 381 g/mol. The minimum Gasteiger partial charge on any atom is -0.445 e. The second kappa shape index (κ2) is 8.06. The van der Waals surface area contributed by atoms with Crippen LogP contribution in [0.4, 0.5) is 4.79 Å². The first-order valence-corrected chi connectivity index (χ1v) is 9.52. The van der Waals surface area contributed by atoms with Crippen molar-refractivity contribution in [2.75, 3.05) is 13.2 Å². The third-order valence-electron chi connectivity index (χ3n) is 5.32. The highest BCUT2D eigenvalue weighted by molar-refractivity contribution is 5.94. The number of hydrogen-bond donors (Lipinski definition) is 0. The van der Waals surface area contributed by atoms with Gasteiger partial charge in [-0.2, -0.15) is 0 Å². The number of piperidine rings is 1. The van der Waals surface area contributed by atoms with Gasteiger partial charge in [-0.25, -0.2) is 14.8 Å². The highest BCUT2D eigenvalue weighted by Crippen LogP contribution is 2.33. The highest BCUT2D eigenvalue weighted by Gasteiger charge is 2.45. The number of carbonyl (C=O) groups excluding carboxylic acids is 2. The van der Waals surface area contributed by atoms with Crippen molar-refractivity contribution in [3.63, 3.8) is 0 Å². The first-order chi connectivity index (χ1) is 13.6. The van der Waals surface area contributed by atoms with E-state index in [-0.39, 0.29) is 42.3 Å². The number of ether oxygens (including phenoxy) is 2. The average molecular weight is 381 g/mol. The van der Waals surface area contributed by atoms with E-state index in [1.165, 1.54) is 0 Å². The number of Topliss-reactive ketones (excluding diaryl/α,β-unsaturated/α-hetero) is 1. The summed E-state index contributed by atoms with van der Waals surface area (Å²) in [6.45, 7) is 2.90. The number of hydrogen-bond acceptors (Lipinski definition) is 6. The van der Waals surface area contributed by atoms with Crippen molar-refractivity contribution in [2.45, 2.75) is 38.5 Å². The lowest BCUT2D eigenvalue weighted by Crippen LogP contribution is -2.60. The van der Waals surface area contributed by atoms with Crippen molar-refractivity contribution < 1.29 is 19.1 Å². The van der Waals surface area contributed by atoms with E-state index in [0.29, 0.717) is 26.1 Å². The van der Waals surface area contributed by atoms with E-state index in [4.69, 9.17) is 9.47 Å². The Labute approximate surface area is 163 Å². The number of amides is 1. The Morgan fingerprint density at radius 1 is 1.14 bits per heavy atom.